The summed E-state index contributed by atoms with van der Waals surface area (Å²) in [7, 11) is 0. The molecule has 0 atom stereocenters. The topological polar surface area (TPSA) is 29.1 Å². The largest absolute Gasteiger partial charge is 0.380 e. The van der Waals surface area contributed by atoms with Crippen LogP contribution in [-0.2, 0) is 6.54 Å². The van der Waals surface area contributed by atoms with Crippen molar-refractivity contribution in [3.05, 3.63) is 101 Å². The van der Waals surface area contributed by atoms with Gasteiger partial charge in [0, 0.05) is 23.4 Å². The molecule has 0 saturated carbocycles. The van der Waals surface area contributed by atoms with E-state index in [1.807, 2.05) is 42.5 Å². The van der Waals surface area contributed by atoms with Crippen LogP contribution in [0.15, 0.2) is 78.9 Å². The lowest BCUT2D eigenvalue weighted by Gasteiger charge is -2.11. The van der Waals surface area contributed by atoms with Crippen LogP contribution in [0.1, 0.15) is 21.5 Å². The molecule has 2 nitrogen and oxygen atoms in total. The molecule has 0 aliphatic heterocycles. The van der Waals surface area contributed by atoms with Crippen LogP contribution in [0.5, 0.6) is 0 Å². The maximum absolute atomic E-state index is 12.9. The Morgan fingerprint density at radius 1 is 0.826 bits per heavy atom. The van der Waals surface area contributed by atoms with Crippen LogP contribution in [-0.4, -0.2) is 5.78 Å². The van der Waals surface area contributed by atoms with Crippen molar-refractivity contribution in [3.63, 3.8) is 0 Å². The smallest absolute Gasteiger partial charge is 0.195 e. The maximum Gasteiger partial charge on any atom is 0.195 e. The molecule has 114 valence electrons. The van der Waals surface area contributed by atoms with Gasteiger partial charge in [0.15, 0.2) is 5.78 Å². The summed E-state index contributed by atoms with van der Waals surface area (Å²) >= 11 is 0. The van der Waals surface area contributed by atoms with Crippen LogP contribution in [0.25, 0.3) is 0 Å². The number of anilines is 1. The minimum Gasteiger partial charge on any atom is -0.380 e. The van der Waals surface area contributed by atoms with Crippen molar-refractivity contribution >= 4 is 11.5 Å². The normalized spacial score (nSPS) is 10.3. The molecule has 0 saturated heterocycles. The molecule has 3 aromatic carbocycles. The molecule has 0 aliphatic carbocycles. The summed E-state index contributed by atoms with van der Waals surface area (Å²) < 4.78 is 12.9. The number of halogens is 1. The molecular weight excluding hydrogens is 289 g/mol. The van der Waals surface area contributed by atoms with Gasteiger partial charge in [0.25, 0.3) is 0 Å². The number of nitrogens with one attached hydrogen (secondary N) is 1. The lowest BCUT2D eigenvalue weighted by molar-refractivity contribution is 0.103. The first-order valence-electron chi connectivity index (χ1n) is 7.41. The molecule has 0 radical (unpaired) electrons. The molecule has 0 heterocycles. The van der Waals surface area contributed by atoms with Crippen molar-refractivity contribution in [1.29, 1.82) is 0 Å². The fourth-order valence-corrected chi connectivity index (χ4v) is 2.38. The molecule has 0 amide bonds. The van der Waals surface area contributed by atoms with Crippen molar-refractivity contribution in [2.75, 3.05) is 5.32 Å². The molecular formula is C20H16FNO. The first-order chi connectivity index (χ1) is 11.2. The van der Waals surface area contributed by atoms with Crippen molar-refractivity contribution in [1.82, 2.24) is 0 Å². The van der Waals surface area contributed by atoms with E-state index in [4.69, 9.17) is 0 Å². The molecule has 0 fully saturated rings. The fraction of sp³-hybridized carbons (Fsp3) is 0.0500. The first kappa shape index (κ1) is 15.0. The Kier molecular flexibility index (Phi) is 4.48. The molecule has 3 heteroatoms. The molecule has 0 aromatic heterocycles. The number of hydrogen-bond donors (Lipinski definition) is 1. The van der Waals surface area contributed by atoms with E-state index in [2.05, 4.69) is 5.32 Å². The second-order valence-electron chi connectivity index (χ2n) is 5.22. The number of para-hydroxylation sites is 1. The Morgan fingerprint density at radius 3 is 2.22 bits per heavy atom. The van der Waals surface area contributed by atoms with E-state index in [0.29, 0.717) is 17.7 Å². The van der Waals surface area contributed by atoms with E-state index in [1.165, 1.54) is 12.1 Å². The standard InChI is InChI=1S/C20H16FNO/c21-17-12-10-15(11-13-17)14-22-19-9-5-4-8-18(19)20(23)16-6-2-1-3-7-16/h1-13,22H,14H2. The van der Waals surface area contributed by atoms with Gasteiger partial charge >= 0.3 is 0 Å². The fourth-order valence-electron chi connectivity index (χ4n) is 2.38. The Morgan fingerprint density at radius 2 is 1.48 bits per heavy atom. The van der Waals surface area contributed by atoms with E-state index < -0.39 is 0 Å². The highest BCUT2D eigenvalue weighted by Gasteiger charge is 2.12. The number of carbonyl (C=O) groups is 1. The Balaban J connectivity index is 1.80. The molecule has 3 aromatic rings. The zero-order valence-corrected chi connectivity index (χ0v) is 12.5. The summed E-state index contributed by atoms with van der Waals surface area (Å²) in [6.45, 7) is 0.527. The third kappa shape index (κ3) is 3.64. The van der Waals surface area contributed by atoms with Gasteiger partial charge < -0.3 is 5.32 Å². The Labute approximate surface area is 134 Å². The quantitative estimate of drug-likeness (QED) is 0.694. The number of rotatable bonds is 5. The zero-order chi connectivity index (χ0) is 16.1. The summed E-state index contributed by atoms with van der Waals surface area (Å²) in [6, 6.07) is 22.9. The predicted octanol–water partition coefficient (Wildman–Crippen LogP) is 4.67. The second kappa shape index (κ2) is 6.88. The number of benzene rings is 3. The van der Waals surface area contributed by atoms with Gasteiger partial charge in [-0.1, -0.05) is 54.6 Å². The van der Waals surface area contributed by atoms with Gasteiger partial charge in [-0.25, -0.2) is 4.39 Å². The second-order valence-corrected chi connectivity index (χ2v) is 5.22. The van der Waals surface area contributed by atoms with Gasteiger partial charge in [0.2, 0.25) is 0 Å². The zero-order valence-electron chi connectivity index (χ0n) is 12.5. The maximum atomic E-state index is 12.9. The van der Waals surface area contributed by atoms with E-state index in [-0.39, 0.29) is 11.6 Å². The molecule has 0 spiro atoms. The van der Waals surface area contributed by atoms with Crippen molar-refractivity contribution < 1.29 is 9.18 Å². The third-order valence-electron chi connectivity index (χ3n) is 3.60. The van der Waals surface area contributed by atoms with E-state index in [9.17, 15) is 9.18 Å². The summed E-state index contributed by atoms with van der Waals surface area (Å²) in [4.78, 5) is 12.6. The van der Waals surface area contributed by atoms with Crippen LogP contribution >= 0.6 is 0 Å². The van der Waals surface area contributed by atoms with E-state index >= 15 is 0 Å². The van der Waals surface area contributed by atoms with Crippen LogP contribution in [0.2, 0.25) is 0 Å². The average Bonchev–Trinajstić information content (AvgIpc) is 2.62. The van der Waals surface area contributed by atoms with Crippen LogP contribution < -0.4 is 5.32 Å². The SMILES string of the molecule is O=C(c1ccccc1)c1ccccc1NCc1ccc(F)cc1. The molecule has 0 bridgehead atoms. The number of hydrogen-bond acceptors (Lipinski definition) is 2. The minimum absolute atomic E-state index is 0.0205. The molecule has 0 aliphatic rings. The van der Waals surface area contributed by atoms with Crippen LogP contribution in [0, 0.1) is 5.82 Å². The third-order valence-corrected chi connectivity index (χ3v) is 3.60. The van der Waals surface area contributed by atoms with Gasteiger partial charge in [0.05, 0.1) is 0 Å². The lowest BCUT2D eigenvalue weighted by atomic mass is 10.0. The Hall–Kier alpha value is -2.94. The Bertz CT molecular complexity index is 797. The van der Waals surface area contributed by atoms with Crippen molar-refractivity contribution in [2.24, 2.45) is 0 Å². The molecule has 23 heavy (non-hydrogen) atoms. The van der Waals surface area contributed by atoms with Gasteiger partial charge in [-0.2, -0.15) is 0 Å². The molecule has 1 N–H and O–H groups in total. The summed E-state index contributed by atoms with van der Waals surface area (Å²) in [5.74, 6) is -0.277. The summed E-state index contributed by atoms with van der Waals surface area (Å²) in [5.41, 5.74) is 3.00. The van der Waals surface area contributed by atoms with Crippen LogP contribution in [0.3, 0.4) is 0 Å². The highest BCUT2D eigenvalue weighted by Crippen LogP contribution is 2.20. The molecule has 0 unspecified atom stereocenters. The minimum atomic E-state index is -0.256. The average molecular weight is 305 g/mol. The van der Waals surface area contributed by atoms with Crippen molar-refractivity contribution in [3.8, 4) is 0 Å². The van der Waals surface area contributed by atoms with Crippen LogP contribution in [0.4, 0.5) is 10.1 Å². The number of ketones is 1. The summed E-state index contributed by atoms with van der Waals surface area (Å²) in [5, 5.41) is 3.26. The van der Waals surface area contributed by atoms with Gasteiger partial charge in [-0.15, -0.1) is 0 Å². The van der Waals surface area contributed by atoms with Gasteiger partial charge in [-0.05, 0) is 29.8 Å². The highest BCUT2D eigenvalue weighted by atomic mass is 19.1. The van der Waals surface area contributed by atoms with E-state index in [1.54, 1.807) is 24.3 Å². The lowest BCUT2D eigenvalue weighted by Crippen LogP contribution is -2.08. The van der Waals surface area contributed by atoms with Crippen molar-refractivity contribution in [2.45, 2.75) is 6.54 Å². The van der Waals surface area contributed by atoms with Gasteiger partial charge in [-0.3, -0.25) is 4.79 Å². The molecule has 3 rings (SSSR count). The monoisotopic (exact) mass is 305 g/mol. The van der Waals surface area contributed by atoms with Gasteiger partial charge in [0.1, 0.15) is 5.82 Å². The highest BCUT2D eigenvalue weighted by molar-refractivity contribution is 6.12. The number of carbonyl (C=O) groups excluding carboxylic acids is 1. The van der Waals surface area contributed by atoms with E-state index in [0.717, 1.165) is 11.3 Å². The summed E-state index contributed by atoms with van der Waals surface area (Å²) in [6.07, 6.45) is 0. The first-order valence-corrected chi connectivity index (χ1v) is 7.41. The predicted molar refractivity (Wildman–Crippen MR) is 90.0 cm³/mol.